The van der Waals surface area contributed by atoms with Gasteiger partial charge in [-0.25, -0.2) is 8.42 Å². The van der Waals surface area contributed by atoms with Gasteiger partial charge in [-0.15, -0.1) is 0 Å². The van der Waals surface area contributed by atoms with E-state index >= 15 is 0 Å². The minimum Gasteiger partial charge on any atom is -0.323 e. The van der Waals surface area contributed by atoms with Crippen molar-refractivity contribution < 1.29 is 13.2 Å². The van der Waals surface area contributed by atoms with Gasteiger partial charge in [0.2, 0.25) is 15.9 Å². The molecule has 0 atom stereocenters. The van der Waals surface area contributed by atoms with E-state index in [-0.39, 0.29) is 10.7 Å². The van der Waals surface area contributed by atoms with Crippen molar-refractivity contribution in [1.82, 2.24) is 0 Å². The summed E-state index contributed by atoms with van der Waals surface area (Å²) in [6.07, 6.45) is 0.979. The monoisotopic (exact) mass is 406 g/mol. The van der Waals surface area contributed by atoms with Crippen LogP contribution in [0.4, 0.5) is 11.4 Å². The molecule has 2 aromatic carbocycles. The van der Waals surface area contributed by atoms with Gasteiger partial charge in [0.25, 0.3) is 0 Å². The number of hydrogen-bond acceptors (Lipinski definition) is 3. The molecule has 2 rings (SSSR count). The Balaban J connectivity index is 2.29. The maximum atomic E-state index is 12.2. The molecule has 0 saturated carbocycles. The van der Waals surface area contributed by atoms with Crippen molar-refractivity contribution in [3.05, 3.63) is 57.5 Å². The number of nitrogens with one attached hydrogen (secondary N) is 1. The highest BCUT2D eigenvalue weighted by Crippen LogP contribution is 2.30. The van der Waals surface area contributed by atoms with Crippen LogP contribution in [0.2, 0.25) is 15.1 Å². The molecule has 0 heterocycles. The zero-order chi connectivity index (χ0) is 17.9. The Bertz CT molecular complexity index is 872. The molecule has 0 aliphatic rings. The summed E-state index contributed by atoms with van der Waals surface area (Å²) in [6.45, 7) is -0.468. The Labute approximate surface area is 155 Å². The fourth-order valence-corrected chi connectivity index (χ4v) is 3.42. The Hall–Kier alpha value is -1.47. The summed E-state index contributed by atoms with van der Waals surface area (Å²) in [5.41, 5.74) is 0.510. The van der Waals surface area contributed by atoms with Gasteiger partial charge in [-0.3, -0.25) is 9.10 Å². The standard InChI is InChI=1S/C15H13Cl3N2O3S/c1-24(22,23)20(14-8-10(16)6-7-12(14)18)9-15(21)19-13-5-3-2-4-11(13)17/h2-8H,9H2,1H3,(H,19,21). The normalized spacial score (nSPS) is 11.2. The topological polar surface area (TPSA) is 66.5 Å². The van der Waals surface area contributed by atoms with Crippen LogP contribution in [-0.2, 0) is 14.8 Å². The molecule has 24 heavy (non-hydrogen) atoms. The number of hydrogen-bond donors (Lipinski definition) is 1. The van der Waals surface area contributed by atoms with Crippen LogP contribution in [0, 0.1) is 0 Å². The highest BCUT2D eigenvalue weighted by Gasteiger charge is 2.23. The number of carbonyl (C=O) groups is 1. The predicted molar refractivity (Wildman–Crippen MR) is 98.7 cm³/mol. The quantitative estimate of drug-likeness (QED) is 0.813. The predicted octanol–water partition coefficient (Wildman–Crippen LogP) is 4.05. The second-order valence-electron chi connectivity index (χ2n) is 4.89. The van der Waals surface area contributed by atoms with E-state index in [4.69, 9.17) is 34.8 Å². The molecule has 0 bridgehead atoms. The van der Waals surface area contributed by atoms with E-state index in [0.29, 0.717) is 15.7 Å². The zero-order valence-corrected chi connectivity index (χ0v) is 15.5. The number of anilines is 2. The van der Waals surface area contributed by atoms with Crippen LogP contribution in [0.15, 0.2) is 42.5 Å². The van der Waals surface area contributed by atoms with Crippen LogP contribution in [0.1, 0.15) is 0 Å². The summed E-state index contributed by atoms with van der Waals surface area (Å²) in [7, 11) is -3.76. The van der Waals surface area contributed by atoms with Gasteiger partial charge in [0, 0.05) is 5.02 Å². The number of nitrogens with zero attached hydrogens (tertiary/aromatic N) is 1. The molecule has 0 unspecified atom stereocenters. The van der Waals surface area contributed by atoms with Crippen LogP contribution in [0.5, 0.6) is 0 Å². The summed E-state index contributed by atoms with van der Waals surface area (Å²) in [5.74, 6) is -0.565. The maximum absolute atomic E-state index is 12.2. The van der Waals surface area contributed by atoms with E-state index in [1.165, 1.54) is 18.2 Å². The Kier molecular flexibility index (Phi) is 5.98. The first-order valence-corrected chi connectivity index (χ1v) is 9.64. The number of para-hydroxylation sites is 1. The minimum atomic E-state index is -3.76. The number of carbonyl (C=O) groups excluding carboxylic acids is 1. The van der Waals surface area contributed by atoms with Gasteiger partial charge in [-0.1, -0.05) is 46.9 Å². The average Bonchev–Trinajstić information content (AvgIpc) is 2.49. The van der Waals surface area contributed by atoms with Gasteiger partial charge in [0.15, 0.2) is 0 Å². The lowest BCUT2D eigenvalue weighted by Crippen LogP contribution is -2.37. The first kappa shape index (κ1) is 18.9. The summed E-state index contributed by atoms with van der Waals surface area (Å²) in [5, 5.41) is 3.37. The molecule has 0 aliphatic heterocycles. The van der Waals surface area contributed by atoms with Crippen molar-refractivity contribution in [1.29, 1.82) is 0 Å². The lowest BCUT2D eigenvalue weighted by molar-refractivity contribution is -0.114. The summed E-state index contributed by atoms with van der Waals surface area (Å²) < 4.78 is 25.0. The van der Waals surface area contributed by atoms with Gasteiger partial charge >= 0.3 is 0 Å². The number of benzene rings is 2. The van der Waals surface area contributed by atoms with E-state index in [2.05, 4.69) is 5.32 Å². The number of halogens is 3. The molecule has 2 aromatic rings. The first-order chi connectivity index (χ1) is 11.2. The molecule has 0 aliphatic carbocycles. The molecule has 0 saturated heterocycles. The summed E-state index contributed by atoms with van der Waals surface area (Å²) >= 11 is 17.9. The van der Waals surface area contributed by atoms with E-state index in [0.717, 1.165) is 10.6 Å². The highest BCUT2D eigenvalue weighted by atomic mass is 35.5. The fourth-order valence-electron chi connectivity index (χ4n) is 1.94. The van der Waals surface area contributed by atoms with Crippen molar-refractivity contribution in [3.63, 3.8) is 0 Å². The van der Waals surface area contributed by atoms with Crippen LogP contribution in [0.25, 0.3) is 0 Å². The number of amides is 1. The second-order valence-corrected chi connectivity index (χ2v) is 8.05. The fraction of sp³-hybridized carbons (Fsp3) is 0.133. The van der Waals surface area contributed by atoms with Crippen LogP contribution < -0.4 is 9.62 Å². The van der Waals surface area contributed by atoms with E-state index in [1.807, 2.05) is 0 Å². The average molecular weight is 408 g/mol. The van der Waals surface area contributed by atoms with E-state index < -0.39 is 22.5 Å². The molecule has 0 spiro atoms. The van der Waals surface area contributed by atoms with Gasteiger partial charge in [0.05, 0.1) is 27.7 Å². The van der Waals surface area contributed by atoms with Crippen molar-refractivity contribution in [2.75, 3.05) is 22.4 Å². The molecule has 0 radical (unpaired) electrons. The maximum Gasteiger partial charge on any atom is 0.245 e. The molecular weight excluding hydrogens is 395 g/mol. The molecule has 9 heteroatoms. The third-order valence-electron chi connectivity index (χ3n) is 3.01. The third kappa shape index (κ3) is 4.77. The zero-order valence-electron chi connectivity index (χ0n) is 12.5. The van der Waals surface area contributed by atoms with Crippen molar-refractivity contribution in [3.8, 4) is 0 Å². The van der Waals surface area contributed by atoms with E-state index in [9.17, 15) is 13.2 Å². The van der Waals surface area contributed by atoms with Gasteiger partial charge in [-0.05, 0) is 30.3 Å². The highest BCUT2D eigenvalue weighted by molar-refractivity contribution is 7.92. The molecule has 5 nitrogen and oxygen atoms in total. The van der Waals surface area contributed by atoms with Gasteiger partial charge < -0.3 is 5.32 Å². The summed E-state index contributed by atoms with van der Waals surface area (Å²) in [4.78, 5) is 12.2. The Morgan fingerprint density at radius 3 is 2.38 bits per heavy atom. The number of sulfonamides is 1. The van der Waals surface area contributed by atoms with Crippen LogP contribution >= 0.6 is 34.8 Å². The van der Waals surface area contributed by atoms with Gasteiger partial charge in [-0.2, -0.15) is 0 Å². The Morgan fingerprint density at radius 2 is 1.75 bits per heavy atom. The second kappa shape index (κ2) is 7.61. The van der Waals surface area contributed by atoms with Crippen molar-refractivity contribution in [2.45, 2.75) is 0 Å². The SMILES string of the molecule is CS(=O)(=O)N(CC(=O)Nc1ccccc1Cl)c1cc(Cl)ccc1Cl. The smallest absolute Gasteiger partial charge is 0.245 e. The molecule has 1 N–H and O–H groups in total. The lowest BCUT2D eigenvalue weighted by atomic mass is 10.3. The summed E-state index contributed by atoms with van der Waals surface area (Å²) in [6, 6.07) is 11.0. The molecular formula is C15H13Cl3N2O3S. The minimum absolute atomic E-state index is 0.126. The van der Waals surface area contributed by atoms with Crippen LogP contribution in [-0.4, -0.2) is 27.1 Å². The molecule has 128 valence electrons. The number of rotatable bonds is 5. The molecule has 0 fully saturated rings. The first-order valence-electron chi connectivity index (χ1n) is 6.65. The lowest BCUT2D eigenvalue weighted by Gasteiger charge is -2.23. The van der Waals surface area contributed by atoms with Crippen LogP contribution in [0.3, 0.4) is 0 Å². The van der Waals surface area contributed by atoms with E-state index in [1.54, 1.807) is 24.3 Å². The molecule has 1 amide bonds. The van der Waals surface area contributed by atoms with Gasteiger partial charge in [0.1, 0.15) is 6.54 Å². The van der Waals surface area contributed by atoms with Crippen molar-refractivity contribution >= 4 is 62.1 Å². The molecule has 0 aromatic heterocycles. The largest absolute Gasteiger partial charge is 0.323 e. The van der Waals surface area contributed by atoms with Crippen molar-refractivity contribution in [2.24, 2.45) is 0 Å². The third-order valence-corrected chi connectivity index (χ3v) is 5.02. The Morgan fingerprint density at radius 1 is 1.08 bits per heavy atom.